The third-order valence-corrected chi connectivity index (χ3v) is 4.08. The number of hydrogen-bond acceptors (Lipinski definition) is 3. The lowest BCUT2D eigenvalue weighted by Crippen LogP contribution is -2.37. The van der Waals surface area contributed by atoms with Gasteiger partial charge in [0.05, 0.1) is 11.4 Å². The molecule has 2 rings (SSSR count). The van der Waals surface area contributed by atoms with Gasteiger partial charge in [0.25, 0.3) is 0 Å². The van der Waals surface area contributed by atoms with Gasteiger partial charge in [-0.05, 0) is 50.8 Å². The van der Waals surface area contributed by atoms with Crippen molar-refractivity contribution in [1.82, 2.24) is 0 Å². The Kier molecular flexibility index (Phi) is 4.53. The first-order chi connectivity index (χ1) is 9.52. The van der Waals surface area contributed by atoms with Crippen LogP contribution in [-0.4, -0.2) is 18.5 Å². The number of carbonyl (C=O) groups excluding carboxylic acids is 1. The standard InChI is InChI=1S/C16H25N3O/c1-4-16(20)18-14-10-15(11(2)9-13(14)17)19-8-6-5-7-12(19)3/h9-10,12H,4-8,17H2,1-3H3,(H,18,20)/t12-/m1/s1. The Bertz CT molecular complexity index is 499. The number of amides is 1. The summed E-state index contributed by atoms with van der Waals surface area (Å²) in [6.07, 6.45) is 4.21. The molecule has 1 atom stereocenters. The van der Waals surface area contributed by atoms with E-state index in [1.54, 1.807) is 0 Å². The lowest BCUT2D eigenvalue weighted by Gasteiger charge is -2.36. The molecule has 0 saturated carbocycles. The zero-order valence-electron chi connectivity index (χ0n) is 12.7. The number of anilines is 3. The van der Waals surface area contributed by atoms with Crippen LogP contribution in [-0.2, 0) is 4.79 Å². The van der Waals surface area contributed by atoms with Crippen LogP contribution in [0.4, 0.5) is 17.1 Å². The van der Waals surface area contributed by atoms with Crippen LogP contribution in [0.25, 0.3) is 0 Å². The Morgan fingerprint density at radius 3 is 2.85 bits per heavy atom. The second-order valence-electron chi connectivity index (χ2n) is 5.67. The van der Waals surface area contributed by atoms with Crippen molar-refractivity contribution in [3.63, 3.8) is 0 Å². The summed E-state index contributed by atoms with van der Waals surface area (Å²) in [7, 11) is 0. The zero-order valence-corrected chi connectivity index (χ0v) is 12.7. The Morgan fingerprint density at radius 2 is 2.20 bits per heavy atom. The fourth-order valence-corrected chi connectivity index (χ4v) is 2.83. The number of benzene rings is 1. The third kappa shape index (κ3) is 3.06. The van der Waals surface area contributed by atoms with Gasteiger partial charge in [0, 0.05) is 24.7 Å². The number of piperidine rings is 1. The molecule has 3 N–H and O–H groups in total. The molecule has 1 aromatic rings. The Balaban J connectivity index is 2.32. The molecule has 0 radical (unpaired) electrons. The quantitative estimate of drug-likeness (QED) is 0.832. The van der Waals surface area contributed by atoms with Crippen LogP contribution in [0.3, 0.4) is 0 Å². The van der Waals surface area contributed by atoms with Crippen LogP contribution in [0.5, 0.6) is 0 Å². The number of hydrogen-bond donors (Lipinski definition) is 2. The first-order valence-electron chi connectivity index (χ1n) is 7.49. The van der Waals surface area contributed by atoms with E-state index in [1.807, 2.05) is 19.1 Å². The molecule has 1 saturated heterocycles. The van der Waals surface area contributed by atoms with Gasteiger partial charge in [-0.25, -0.2) is 0 Å². The molecule has 0 aromatic heterocycles. The van der Waals surface area contributed by atoms with Crippen molar-refractivity contribution in [2.75, 3.05) is 22.5 Å². The molecule has 1 amide bonds. The molecule has 0 unspecified atom stereocenters. The predicted octanol–water partition coefficient (Wildman–Crippen LogP) is 3.30. The van der Waals surface area contributed by atoms with E-state index < -0.39 is 0 Å². The molecule has 1 aliphatic heterocycles. The summed E-state index contributed by atoms with van der Waals surface area (Å²) in [5, 5.41) is 2.89. The highest BCUT2D eigenvalue weighted by molar-refractivity contribution is 5.94. The smallest absolute Gasteiger partial charge is 0.224 e. The minimum absolute atomic E-state index is 0.00167. The van der Waals surface area contributed by atoms with E-state index in [1.165, 1.54) is 30.5 Å². The number of carbonyl (C=O) groups is 1. The average molecular weight is 275 g/mol. The monoisotopic (exact) mass is 275 g/mol. The molecular weight excluding hydrogens is 250 g/mol. The van der Waals surface area contributed by atoms with E-state index >= 15 is 0 Å². The lowest BCUT2D eigenvalue weighted by atomic mass is 10.0. The Morgan fingerprint density at radius 1 is 1.45 bits per heavy atom. The topological polar surface area (TPSA) is 58.4 Å². The second kappa shape index (κ2) is 6.16. The average Bonchev–Trinajstić information content (AvgIpc) is 2.42. The SMILES string of the molecule is CCC(=O)Nc1cc(N2CCCC[C@H]2C)c(C)cc1N. The molecule has 4 heteroatoms. The summed E-state index contributed by atoms with van der Waals surface area (Å²) in [6.45, 7) is 7.26. The Labute approximate surface area is 121 Å². The van der Waals surface area contributed by atoms with Gasteiger partial charge >= 0.3 is 0 Å². The number of nitrogens with zero attached hydrogens (tertiary/aromatic N) is 1. The van der Waals surface area contributed by atoms with Crippen molar-refractivity contribution < 1.29 is 4.79 Å². The molecular formula is C16H25N3O. The fraction of sp³-hybridized carbons (Fsp3) is 0.562. The molecule has 4 nitrogen and oxygen atoms in total. The van der Waals surface area contributed by atoms with E-state index in [0.29, 0.717) is 18.2 Å². The van der Waals surface area contributed by atoms with Crippen LogP contribution in [0.1, 0.15) is 45.1 Å². The van der Waals surface area contributed by atoms with E-state index in [-0.39, 0.29) is 5.91 Å². The molecule has 110 valence electrons. The molecule has 0 spiro atoms. The molecule has 1 fully saturated rings. The summed E-state index contributed by atoms with van der Waals surface area (Å²) in [5.74, 6) is -0.00167. The molecule has 1 aliphatic rings. The van der Waals surface area contributed by atoms with Gasteiger partial charge in [0.15, 0.2) is 0 Å². The second-order valence-corrected chi connectivity index (χ2v) is 5.67. The van der Waals surface area contributed by atoms with Gasteiger partial charge in [-0.1, -0.05) is 6.92 Å². The number of rotatable bonds is 3. The molecule has 1 heterocycles. The van der Waals surface area contributed by atoms with Gasteiger partial charge in [0.1, 0.15) is 0 Å². The lowest BCUT2D eigenvalue weighted by molar-refractivity contribution is -0.115. The van der Waals surface area contributed by atoms with Crippen LogP contribution in [0.15, 0.2) is 12.1 Å². The third-order valence-electron chi connectivity index (χ3n) is 4.08. The first-order valence-corrected chi connectivity index (χ1v) is 7.49. The zero-order chi connectivity index (χ0) is 14.7. The van der Waals surface area contributed by atoms with Crippen LogP contribution < -0.4 is 16.0 Å². The van der Waals surface area contributed by atoms with Crippen molar-refractivity contribution in [2.24, 2.45) is 0 Å². The van der Waals surface area contributed by atoms with E-state index in [9.17, 15) is 4.79 Å². The summed E-state index contributed by atoms with van der Waals surface area (Å²) < 4.78 is 0. The van der Waals surface area contributed by atoms with Crippen LogP contribution in [0.2, 0.25) is 0 Å². The van der Waals surface area contributed by atoms with Gasteiger partial charge in [-0.2, -0.15) is 0 Å². The van der Waals surface area contributed by atoms with E-state index in [2.05, 4.69) is 24.1 Å². The molecule has 0 aliphatic carbocycles. The maximum Gasteiger partial charge on any atom is 0.224 e. The van der Waals surface area contributed by atoms with Gasteiger partial charge in [-0.15, -0.1) is 0 Å². The molecule has 20 heavy (non-hydrogen) atoms. The highest BCUT2D eigenvalue weighted by Gasteiger charge is 2.21. The highest BCUT2D eigenvalue weighted by Crippen LogP contribution is 2.33. The largest absolute Gasteiger partial charge is 0.397 e. The van der Waals surface area contributed by atoms with Gasteiger partial charge < -0.3 is 16.0 Å². The van der Waals surface area contributed by atoms with Crippen LogP contribution in [0, 0.1) is 6.92 Å². The number of aryl methyl sites for hydroxylation is 1. The van der Waals surface area contributed by atoms with Crippen molar-refractivity contribution >= 4 is 23.0 Å². The summed E-state index contributed by atoms with van der Waals surface area (Å²) in [6, 6.07) is 4.53. The van der Waals surface area contributed by atoms with Crippen molar-refractivity contribution in [1.29, 1.82) is 0 Å². The molecule has 1 aromatic carbocycles. The number of nitrogens with two attached hydrogens (primary N) is 1. The van der Waals surface area contributed by atoms with Crippen molar-refractivity contribution in [3.05, 3.63) is 17.7 Å². The normalized spacial score (nSPS) is 18.9. The summed E-state index contributed by atoms with van der Waals surface area (Å²) >= 11 is 0. The number of nitrogens with one attached hydrogen (secondary N) is 1. The summed E-state index contributed by atoms with van der Waals surface area (Å²) in [4.78, 5) is 14.0. The summed E-state index contributed by atoms with van der Waals surface area (Å²) in [5.41, 5.74) is 9.76. The minimum atomic E-state index is -0.00167. The fourth-order valence-electron chi connectivity index (χ4n) is 2.83. The van der Waals surface area contributed by atoms with Gasteiger partial charge in [0.2, 0.25) is 5.91 Å². The Hall–Kier alpha value is -1.71. The maximum atomic E-state index is 11.6. The first kappa shape index (κ1) is 14.7. The number of nitrogen functional groups attached to an aromatic ring is 1. The van der Waals surface area contributed by atoms with Crippen molar-refractivity contribution in [2.45, 2.75) is 52.5 Å². The minimum Gasteiger partial charge on any atom is -0.397 e. The van der Waals surface area contributed by atoms with E-state index in [4.69, 9.17) is 5.73 Å². The van der Waals surface area contributed by atoms with Crippen molar-refractivity contribution in [3.8, 4) is 0 Å². The predicted molar refractivity (Wildman–Crippen MR) is 85.2 cm³/mol. The highest BCUT2D eigenvalue weighted by atomic mass is 16.1. The maximum absolute atomic E-state index is 11.6. The van der Waals surface area contributed by atoms with E-state index in [0.717, 1.165) is 12.2 Å². The van der Waals surface area contributed by atoms with Gasteiger partial charge in [-0.3, -0.25) is 4.79 Å². The molecule has 0 bridgehead atoms. The van der Waals surface area contributed by atoms with Crippen LogP contribution >= 0.6 is 0 Å².